The second-order valence-corrected chi connectivity index (χ2v) is 8.05. The monoisotopic (exact) mass is 393 g/mol. The molecule has 0 saturated carbocycles. The quantitative estimate of drug-likeness (QED) is 0.560. The van der Waals surface area contributed by atoms with Gasteiger partial charge < -0.3 is 14.6 Å². The van der Waals surface area contributed by atoms with Crippen LogP contribution in [0, 0.1) is 5.92 Å². The Balaban J connectivity index is 3.05. The first kappa shape index (κ1) is 21.7. The van der Waals surface area contributed by atoms with Crippen molar-refractivity contribution in [3.05, 3.63) is 23.2 Å². The fourth-order valence-electron chi connectivity index (χ4n) is 2.12. The predicted octanol–water partition coefficient (Wildman–Crippen LogP) is 2.53. The van der Waals surface area contributed by atoms with Crippen LogP contribution in [0.5, 0.6) is 5.75 Å². The molecule has 0 spiro atoms. The van der Waals surface area contributed by atoms with E-state index in [1.807, 2.05) is 13.8 Å². The number of hydrogen-bond donors (Lipinski definition) is 2. The average molecular weight is 394 g/mol. The van der Waals surface area contributed by atoms with Crippen molar-refractivity contribution in [2.45, 2.75) is 37.6 Å². The zero-order valence-corrected chi connectivity index (χ0v) is 16.1. The van der Waals surface area contributed by atoms with Gasteiger partial charge in [0.2, 0.25) is 10.0 Å². The van der Waals surface area contributed by atoms with Crippen molar-refractivity contribution in [3.8, 4) is 5.75 Å². The maximum atomic E-state index is 12.7. The molecular formula is C16H24ClNO6S. The van der Waals surface area contributed by atoms with Crippen molar-refractivity contribution in [2.24, 2.45) is 5.92 Å². The molecule has 9 heteroatoms. The first-order chi connectivity index (χ1) is 11.7. The molecule has 0 radical (unpaired) electrons. The summed E-state index contributed by atoms with van der Waals surface area (Å²) in [7, 11) is -2.56. The van der Waals surface area contributed by atoms with Gasteiger partial charge in [0.15, 0.2) is 0 Å². The van der Waals surface area contributed by atoms with Gasteiger partial charge in [-0.3, -0.25) is 4.79 Å². The normalized spacial score (nSPS) is 13.0. The second kappa shape index (κ2) is 9.96. The SMILES string of the molecule is COCCCOc1ccc(Cl)cc1S(=O)(=O)N[C@@H](CC(C)C)C(=O)O. The molecular weight excluding hydrogens is 370 g/mol. The smallest absolute Gasteiger partial charge is 0.321 e. The van der Waals surface area contributed by atoms with Gasteiger partial charge in [0.1, 0.15) is 16.7 Å². The number of nitrogens with one attached hydrogen (secondary N) is 1. The highest BCUT2D eigenvalue weighted by Gasteiger charge is 2.28. The van der Waals surface area contributed by atoms with E-state index < -0.39 is 22.0 Å². The van der Waals surface area contributed by atoms with Gasteiger partial charge in [-0.2, -0.15) is 4.72 Å². The summed E-state index contributed by atoms with van der Waals surface area (Å²) >= 11 is 5.91. The molecule has 1 rings (SSSR count). The molecule has 0 unspecified atom stereocenters. The van der Waals surface area contributed by atoms with Gasteiger partial charge >= 0.3 is 5.97 Å². The van der Waals surface area contributed by atoms with Crippen LogP contribution in [0.15, 0.2) is 23.1 Å². The number of carboxylic acid groups (broad SMARTS) is 1. The molecule has 7 nitrogen and oxygen atoms in total. The van der Waals surface area contributed by atoms with E-state index in [4.69, 9.17) is 21.1 Å². The Kier molecular flexibility index (Phi) is 8.64. The van der Waals surface area contributed by atoms with Crippen LogP contribution in [0.1, 0.15) is 26.7 Å². The largest absolute Gasteiger partial charge is 0.492 e. The van der Waals surface area contributed by atoms with E-state index in [1.54, 1.807) is 7.11 Å². The molecule has 0 saturated heterocycles. The van der Waals surface area contributed by atoms with Crippen LogP contribution in [0.2, 0.25) is 5.02 Å². The molecule has 142 valence electrons. The number of carbonyl (C=O) groups is 1. The van der Waals surface area contributed by atoms with Crippen molar-refractivity contribution in [1.82, 2.24) is 4.72 Å². The Labute approximate surface area is 153 Å². The lowest BCUT2D eigenvalue weighted by atomic mass is 10.1. The third kappa shape index (κ3) is 7.19. The summed E-state index contributed by atoms with van der Waals surface area (Å²) in [5.41, 5.74) is 0. The molecule has 0 aromatic heterocycles. The number of methoxy groups -OCH3 is 1. The van der Waals surface area contributed by atoms with Gasteiger partial charge in [0.25, 0.3) is 0 Å². The molecule has 0 aliphatic heterocycles. The zero-order chi connectivity index (χ0) is 19.0. The molecule has 25 heavy (non-hydrogen) atoms. The fraction of sp³-hybridized carbons (Fsp3) is 0.562. The van der Waals surface area contributed by atoms with Gasteiger partial charge in [-0.05, 0) is 30.5 Å². The van der Waals surface area contributed by atoms with Crippen LogP contribution in [0.3, 0.4) is 0 Å². The molecule has 0 amide bonds. The van der Waals surface area contributed by atoms with E-state index in [9.17, 15) is 18.3 Å². The van der Waals surface area contributed by atoms with Gasteiger partial charge in [-0.25, -0.2) is 8.42 Å². The molecule has 1 atom stereocenters. The Hall–Kier alpha value is -1.35. The lowest BCUT2D eigenvalue weighted by Crippen LogP contribution is -2.41. The number of hydrogen-bond acceptors (Lipinski definition) is 5. The van der Waals surface area contributed by atoms with E-state index in [-0.39, 0.29) is 34.6 Å². The van der Waals surface area contributed by atoms with Crippen LogP contribution < -0.4 is 9.46 Å². The van der Waals surface area contributed by atoms with Gasteiger partial charge in [-0.1, -0.05) is 25.4 Å². The van der Waals surface area contributed by atoms with Crippen molar-refractivity contribution >= 4 is 27.6 Å². The van der Waals surface area contributed by atoms with Crippen LogP contribution in [0.25, 0.3) is 0 Å². The highest BCUT2D eigenvalue weighted by molar-refractivity contribution is 7.89. The minimum Gasteiger partial charge on any atom is -0.492 e. The number of aliphatic carboxylic acids is 1. The Morgan fingerprint density at radius 1 is 1.32 bits per heavy atom. The molecule has 1 aromatic carbocycles. The Bertz CT molecular complexity index is 677. The summed E-state index contributed by atoms with van der Waals surface area (Å²) in [6.45, 7) is 4.36. The molecule has 0 aliphatic rings. The van der Waals surface area contributed by atoms with E-state index in [0.717, 1.165) is 0 Å². The Morgan fingerprint density at radius 3 is 2.56 bits per heavy atom. The standard InChI is InChI=1S/C16H24ClNO6S/c1-11(2)9-13(16(19)20)18-25(21,22)15-10-12(17)5-6-14(15)24-8-4-7-23-3/h5-6,10-11,13,18H,4,7-9H2,1-3H3,(H,19,20)/t13-/m0/s1. The van der Waals surface area contributed by atoms with Crippen LogP contribution in [-0.4, -0.2) is 45.9 Å². The van der Waals surface area contributed by atoms with Crippen LogP contribution in [-0.2, 0) is 19.6 Å². The molecule has 0 aliphatic carbocycles. The fourth-order valence-corrected chi connectivity index (χ4v) is 3.73. The lowest BCUT2D eigenvalue weighted by molar-refractivity contribution is -0.139. The van der Waals surface area contributed by atoms with Crippen LogP contribution >= 0.6 is 11.6 Å². The van der Waals surface area contributed by atoms with Gasteiger partial charge in [-0.15, -0.1) is 0 Å². The van der Waals surface area contributed by atoms with Crippen LogP contribution in [0.4, 0.5) is 0 Å². The number of rotatable bonds is 11. The summed E-state index contributed by atoms with van der Waals surface area (Å²) in [6.07, 6.45) is 0.746. The number of halogens is 1. The summed E-state index contributed by atoms with van der Waals surface area (Å²) in [4.78, 5) is 11.2. The first-order valence-electron chi connectivity index (χ1n) is 7.83. The van der Waals surface area contributed by atoms with E-state index in [1.165, 1.54) is 18.2 Å². The molecule has 1 aromatic rings. The summed E-state index contributed by atoms with van der Waals surface area (Å²) in [5.74, 6) is -1.11. The second-order valence-electron chi connectivity index (χ2n) is 5.93. The maximum absolute atomic E-state index is 12.7. The van der Waals surface area contributed by atoms with Crippen molar-refractivity contribution in [2.75, 3.05) is 20.3 Å². The average Bonchev–Trinajstić information content (AvgIpc) is 2.51. The van der Waals surface area contributed by atoms with E-state index in [0.29, 0.717) is 13.0 Å². The van der Waals surface area contributed by atoms with Gasteiger partial charge in [0, 0.05) is 25.2 Å². The molecule has 0 heterocycles. The highest BCUT2D eigenvalue weighted by Crippen LogP contribution is 2.28. The number of benzene rings is 1. The maximum Gasteiger partial charge on any atom is 0.321 e. The number of ether oxygens (including phenoxy) is 2. The van der Waals surface area contributed by atoms with Crippen molar-refractivity contribution in [3.63, 3.8) is 0 Å². The third-order valence-electron chi connectivity index (χ3n) is 3.25. The minimum atomic E-state index is -4.12. The zero-order valence-electron chi connectivity index (χ0n) is 14.5. The topological polar surface area (TPSA) is 102 Å². The summed E-state index contributed by atoms with van der Waals surface area (Å²) in [6, 6.07) is 2.96. The minimum absolute atomic E-state index is 0.00734. The van der Waals surface area contributed by atoms with Crippen molar-refractivity contribution < 1.29 is 27.8 Å². The van der Waals surface area contributed by atoms with E-state index >= 15 is 0 Å². The lowest BCUT2D eigenvalue weighted by Gasteiger charge is -2.18. The van der Waals surface area contributed by atoms with Gasteiger partial charge in [0.05, 0.1) is 6.61 Å². The first-order valence-corrected chi connectivity index (χ1v) is 9.70. The highest BCUT2D eigenvalue weighted by atomic mass is 35.5. The van der Waals surface area contributed by atoms with E-state index in [2.05, 4.69) is 4.72 Å². The Morgan fingerprint density at radius 2 is 2.00 bits per heavy atom. The summed E-state index contributed by atoms with van der Waals surface area (Å²) in [5, 5.41) is 9.47. The van der Waals surface area contributed by atoms with Crippen molar-refractivity contribution in [1.29, 1.82) is 0 Å². The molecule has 0 bridgehead atoms. The number of sulfonamides is 1. The molecule has 2 N–H and O–H groups in total. The predicted molar refractivity (Wildman–Crippen MR) is 94.6 cm³/mol. The number of carboxylic acids is 1. The summed E-state index contributed by atoms with van der Waals surface area (Å²) < 4.78 is 37.9. The third-order valence-corrected chi connectivity index (χ3v) is 4.98. The molecule has 0 fully saturated rings.